The first-order valence-corrected chi connectivity index (χ1v) is 6.34. The van der Waals surface area contributed by atoms with Crippen molar-refractivity contribution in [1.82, 2.24) is 10.2 Å². The summed E-state index contributed by atoms with van der Waals surface area (Å²) < 4.78 is 5.44. The van der Waals surface area contributed by atoms with Crippen LogP contribution < -0.4 is 5.32 Å². The number of hydrogen-bond acceptors (Lipinski definition) is 2. The van der Waals surface area contributed by atoms with Crippen molar-refractivity contribution in [2.24, 2.45) is 5.92 Å². The molecule has 0 aliphatic carbocycles. The van der Waals surface area contributed by atoms with Gasteiger partial charge in [0.25, 0.3) is 0 Å². The van der Waals surface area contributed by atoms with Crippen molar-refractivity contribution < 1.29 is 9.53 Å². The molecule has 2 amide bonds. The molecule has 3 atom stereocenters. The largest absolute Gasteiger partial charge is 0.376 e. The van der Waals surface area contributed by atoms with Gasteiger partial charge in [0.15, 0.2) is 0 Å². The van der Waals surface area contributed by atoms with Crippen molar-refractivity contribution in [3.05, 3.63) is 0 Å². The van der Waals surface area contributed by atoms with Gasteiger partial charge >= 0.3 is 6.03 Å². The Morgan fingerprint density at radius 1 is 1.38 bits per heavy atom. The number of urea groups is 1. The van der Waals surface area contributed by atoms with Crippen LogP contribution in [-0.2, 0) is 4.74 Å². The summed E-state index contributed by atoms with van der Waals surface area (Å²) in [6, 6.07) is 0.290. The van der Waals surface area contributed by atoms with E-state index in [1.165, 1.54) is 6.42 Å². The Kier molecular flexibility index (Phi) is 3.69. The molecule has 2 saturated heterocycles. The maximum absolute atomic E-state index is 12.0. The number of nitrogens with zero attached hydrogens (tertiary/aromatic N) is 1. The molecule has 1 N–H and O–H groups in total. The summed E-state index contributed by atoms with van der Waals surface area (Å²) in [6.07, 6.45) is 3.47. The second kappa shape index (κ2) is 5.04. The molecule has 2 heterocycles. The van der Waals surface area contributed by atoms with E-state index in [1.54, 1.807) is 0 Å². The Hall–Kier alpha value is -0.770. The second-order valence-corrected chi connectivity index (χ2v) is 5.11. The van der Waals surface area contributed by atoms with Gasteiger partial charge in [-0.05, 0) is 32.1 Å². The summed E-state index contributed by atoms with van der Waals surface area (Å²) in [5, 5.41) is 3.08. The number of amides is 2. The standard InChI is InChI=1S/C12H22N2O2/c1-9-4-3-6-14(8-9)12(15)13-11-5-7-16-10(11)2/h9-11H,3-8H2,1-2H3,(H,13,15). The van der Waals surface area contributed by atoms with E-state index in [-0.39, 0.29) is 18.2 Å². The molecule has 92 valence electrons. The van der Waals surface area contributed by atoms with Crippen LogP contribution in [0, 0.1) is 5.92 Å². The van der Waals surface area contributed by atoms with E-state index in [0.717, 1.165) is 32.5 Å². The first-order chi connectivity index (χ1) is 7.66. The normalized spacial score (nSPS) is 35.1. The SMILES string of the molecule is CC1CCCN(C(=O)NC2CCOC2C)C1. The first kappa shape index (κ1) is 11.7. The van der Waals surface area contributed by atoms with Crippen molar-refractivity contribution in [2.75, 3.05) is 19.7 Å². The smallest absolute Gasteiger partial charge is 0.317 e. The lowest BCUT2D eigenvalue weighted by molar-refractivity contribution is 0.110. The molecule has 2 rings (SSSR count). The quantitative estimate of drug-likeness (QED) is 0.738. The number of rotatable bonds is 1. The number of piperidine rings is 1. The zero-order valence-electron chi connectivity index (χ0n) is 10.2. The van der Waals surface area contributed by atoms with Crippen LogP contribution in [0.3, 0.4) is 0 Å². The van der Waals surface area contributed by atoms with Gasteiger partial charge in [0, 0.05) is 19.7 Å². The van der Waals surface area contributed by atoms with Crippen LogP contribution in [0.4, 0.5) is 4.79 Å². The fourth-order valence-corrected chi connectivity index (χ4v) is 2.55. The topological polar surface area (TPSA) is 41.6 Å². The minimum absolute atomic E-state index is 0.0916. The third kappa shape index (κ3) is 2.67. The van der Waals surface area contributed by atoms with Gasteiger partial charge in [-0.1, -0.05) is 6.92 Å². The summed E-state index contributed by atoms with van der Waals surface area (Å²) in [4.78, 5) is 13.9. The van der Waals surface area contributed by atoms with Gasteiger partial charge in [0.05, 0.1) is 12.1 Å². The van der Waals surface area contributed by atoms with Crippen molar-refractivity contribution in [3.63, 3.8) is 0 Å². The third-order valence-corrected chi connectivity index (χ3v) is 3.63. The van der Waals surface area contributed by atoms with Crippen LogP contribution >= 0.6 is 0 Å². The number of likely N-dealkylation sites (tertiary alicyclic amines) is 1. The van der Waals surface area contributed by atoms with Crippen LogP contribution in [0.2, 0.25) is 0 Å². The van der Waals surface area contributed by atoms with Crippen LogP contribution in [0.1, 0.15) is 33.1 Å². The molecule has 4 nitrogen and oxygen atoms in total. The lowest BCUT2D eigenvalue weighted by atomic mass is 10.0. The highest BCUT2D eigenvalue weighted by atomic mass is 16.5. The molecule has 0 radical (unpaired) electrons. The van der Waals surface area contributed by atoms with Crippen molar-refractivity contribution in [1.29, 1.82) is 0 Å². The molecular weight excluding hydrogens is 204 g/mol. The van der Waals surface area contributed by atoms with Crippen LogP contribution in [0.25, 0.3) is 0 Å². The molecule has 3 unspecified atom stereocenters. The number of nitrogens with one attached hydrogen (secondary N) is 1. The lowest BCUT2D eigenvalue weighted by Crippen LogP contribution is -2.49. The predicted molar refractivity (Wildman–Crippen MR) is 62.3 cm³/mol. The molecule has 0 saturated carbocycles. The van der Waals surface area contributed by atoms with E-state index < -0.39 is 0 Å². The van der Waals surface area contributed by atoms with Crippen molar-refractivity contribution in [3.8, 4) is 0 Å². The number of hydrogen-bond donors (Lipinski definition) is 1. The Labute approximate surface area is 97.3 Å². The molecular formula is C12H22N2O2. The van der Waals surface area contributed by atoms with Crippen LogP contribution in [-0.4, -0.2) is 42.8 Å². The molecule has 0 aromatic rings. The maximum Gasteiger partial charge on any atom is 0.317 e. The summed E-state index contributed by atoms with van der Waals surface area (Å²) in [5.41, 5.74) is 0. The Morgan fingerprint density at radius 3 is 2.81 bits per heavy atom. The summed E-state index contributed by atoms with van der Waals surface area (Å²) in [7, 11) is 0. The summed E-state index contributed by atoms with van der Waals surface area (Å²) in [5.74, 6) is 0.636. The van der Waals surface area contributed by atoms with Gasteiger partial charge in [0.2, 0.25) is 0 Å². The second-order valence-electron chi connectivity index (χ2n) is 5.11. The highest BCUT2D eigenvalue weighted by molar-refractivity contribution is 5.74. The van der Waals surface area contributed by atoms with Gasteiger partial charge in [0.1, 0.15) is 0 Å². The maximum atomic E-state index is 12.0. The Morgan fingerprint density at radius 2 is 2.19 bits per heavy atom. The van der Waals surface area contributed by atoms with Gasteiger partial charge in [-0.25, -0.2) is 4.79 Å². The van der Waals surface area contributed by atoms with E-state index in [9.17, 15) is 4.79 Å². The molecule has 2 aliphatic heterocycles. The van der Waals surface area contributed by atoms with Gasteiger partial charge in [-0.15, -0.1) is 0 Å². The van der Waals surface area contributed by atoms with Crippen LogP contribution in [0.5, 0.6) is 0 Å². The summed E-state index contributed by atoms with van der Waals surface area (Å²) in [6.45, 7) is 6.80. The fourth-order valence-electron chi connectivity index (χ4n) is 2.55. The monoisotopic (exact) mass is 226 g/mol. The van der Waals surface area contributed by atoms with Gasteiger partial charge in [-0.3, -0.25) is 0 Å². The average Bonchev–Trinajstić information content (AvgIpc) is 2.64. The minimum atomic E-state index is 0.0916. The molecule has 0 bridgehead atoms. The average molecular weight is 226 g/mol. The molecule has 0 aromatic heterocycles. The van der Waals surface area contributed by atoms with Crippen molar-refractivity contribution in [2.45, 2.75) is 45.3 Å². The van der Waals surface area contributed by atoms with Gasteiger partial charge < -0.3 is 15.0 Å². The highest BCUT2D eigenvalue weighted by Gasteiger charge is 2.28. The zero-order valence-corrected chi connectivity index (χ0v) is 10.2. The summed E-state index contributed by atoms with van der Waals surface area (Å²) >= 11 is 0. The zero-order chi connectivity index (χ0) is 11.5. The van der Waals surface area contributed by atoms with Gasteiger partial charge in [-0.2, -0.15) is 0 Å². The van der Waals surface area contributed by atoms with E-state index in [1.807, 2.05) is 11.8 Å². The molecule has 0 spiro atoms. The minimum Gasteiger partial charge on any atom is -0.376 e. The highest BCUT2D eigenvalue weighted by Crippen LogP contribution is 2.17. The van der Waals surface area contributed by atoms with E-state index >= 15 is 0 Å². The Balaban J connectivity index is 1.82. The number of carbonyl (C=O) groups is 1. The number of ether oxygens (including phenoxy) is 1. The van der Waals surface area contributed by atoms with E-state index in [0.29, 0.717) is 5.92 Å². The lowest BCUT2D eigenvalue weighted by Gasteiger charge is -2.32. The Bertz CT molecular complexity index is 257. The first-order valence-electron chi connectivity index (χ1n) is 6.34. The van der Waals surface area contributed by atoms with E-state index in [2.05, 4.69) is 12.2 Å². The van der Waals surface area contributed by atoms with E-state index in [4.69, 9.17) is 4.74 Å². The molecule has 4 heteroatoms. The molecule has 0 aromatic carbocycles. The van der Waals surface area contributed by atoms with Crippen LogP contribution in [0.15, 0.2) is 0 Å². The third-order valence-electron chi connectivity index (χ3n) is 3.63. The molecule has 2 aliphatic rings. The molecule has 16 heavy (non-hydrogen) atoms. The molecule has 2 fully saturated rings. The fraction of sp³-hybridized carbons (Fsp3) is 0.917. The predicted octanol–water partition coefficient (Wildman–Crippen LogP) is 1.61. The van der Waals surface area contributed by atoms with Crippen molar-refractivity contribution >= 4 is 6.03 Å². The number of carbonyl (C=O) groups excluding carboxylic acids is 1.